The maximum absolute atomic E-state index is 6.74. The molecule has 6 nitrogen and oxygen atoms in total. The standard InChI is InChI=1S/C65H39N5O/c1-3-16-40(17-4-1)41-30-32-42(33-31-41)63-66-64(50-26-15-28-55-60(50)48-24-11-13-27-54(48)69(55)47-22-5-2-6-23-47)68-65(67-63)51-34-35-59-61(49-25-12-14-29-58(49)71-59)62(51)70-56-38-45-20-9-7-18-43(45)36-52(56)53-37-44-19-8-10-21-46(44)39-57(53)70/h1-39H. The quantitative estimate of drug-likeness (QED) is 0.167. The number of benzene rings is 11. The van der Waals surface area contributed by atoms with Gasteiger partial charge in [0, 0.05) is 49.3 Å². The molecule has 0 radical (unpaired) electrons. The van der Waals surface area contributed by atoms with Gasteiger partial charge in [-0.3, -0.25) is 0 Å². The van der Waals surface area contributed by atoms with Crippen molar-refractivity contribution in [3.63, 3.8) is 0 Å². The predicted molar refractivity (Wildman–Crippen MR) is 293 cm³/mol. The second-order valence-electron chi connectivity index (χ2n) is 18.3. The van der Waals surface area contributed by atoms with E-state index < -0.39 is 0 Å². The molecule has 0 saturated carbocycles. The molecule has 0 amide bonds. The summed E-state index contributed by atoms with van der Waals surface area (Å²) in [6.45, 7) is 0. The molecule has 330 valence electrons. The zero-order valence-corrected chi connectivity index (χ0v) is 38.2. The Morgan fingerprint density at radius 3 is 1.54 bits per heavy atom. The zero-order chi connectivity index (χ0) is 46.6. The van der Waals surface area contributed by atoms with Crippen LogP contribution in [0.4, 0.5) is 0 Å². The number of furan rings is 1. The van der Waals surface area contributed by atoms with E-state index in [1.807, 2.05) is 12.1 Å². The average Bonchev–Trinajstić information content (AvgIpc) is 4.09. The van der Waals surface area contributed by atoms with Crippen LogP contribution < -0.4 is 0 Å². The van der Waals surface area contributed by atoms with Crippen LogP contribution in [0, 0.1) is 0 Å². The van der Waals surface area contributed by atoms with Gasteiger partial charge in [-0.2, -0.15) is 0 Å². The number of nitrogens with zero attached hydrogens (tertiary/aromatic N) is 5. The lowest BCUT2D eigenvalue weighted by Crippen LogP contribution is -2.04. The Bertz CT molecular complexity index is 4530. The Kier molecular flexibility index (Phi) is 8.56. The minimum absolute atomic E-state index is 0.555. The second kappa shape index (κ2) is 15.4. The molecular formula is C65H39N5O. The van der Waals surface area contributed by atoms with Gasteiger partial charge in [0.1, 0.15) is 11.2 Å². The highest BCUT2D eigenvalue weighted by atomic mass is 16.3. The third-order valence-corrected chi connectivity index (χ3v) is 14.3. The third kappa shape index (κ3) is 6.11. The fourth-order valence-corrected chi connectivity index (χ4v) is 11.1. The average molecular weight is 906 g/mol. The number of hydrogen-bond acceptors (Lipinski definition) is 4. The lowest BCUT2D eigenvalue weighted by atomic mass is 10.0. The third-order valence-electron chi connectivity index (χ3n) is 14.3. The van der Waals surface area contributed by atoms with Crippen molar-refractivity contribution < 1.29 is 4.42 Å². The topological polar surface area (TPSA) is 61.7 Å². The first kappa shape index (κ1) is 39.4. The molecule has 15 aromatic rings. The van der Waals surface area contributed by atoms with E-state index in [0.717, 1.165) is 116 Å². The van der Waals surface area contributed by atoms with Crippen molar-refractivity contribution in [3.8, 4) is 56.7 Å². The van der Waals surface area contributed by atoms with E-state index in [4.69, 9.17) is 19.4 Å². The smallest absolute Gasteiger partial charge is 0.166 e. The monoisotopic (exact) mass is 905 g/mol. The summed E-state index contributed by atoms with van der Waals surface area (Å²) in [5, 5.41) is 11.2. The molecule has 0 spiro atoms. The van der Waals surface area contributed by atoms with Crippen LogP contribution in [-0.4, -0.2) is 24.1 Å². The summed E-state index contributed by atoms with van der Waals surface area (Å²) < 4.78 is 11.5. The molecule has 0 aliphatic carbocycles. The van der Waals surface area contributed by atoms with Crippen LogP contribution in [0.2, 0.25) is 0 Å². The molecule has 71 heavy (non-hydrogen) atoms. The number of fused-ring (bicyclic) bond motifs is 11. The molecule has 6 heteroatoms. The van der Waals surface area contributed by atoms with Crippen LogP contribution in [0.5, 0.6) is 0 Å². The lowest BCUT2D eigenvalue weighted by molar-refractivity contribution is 0.669. The first-order chi connectivity index (χ1) is 35.2. The largest absolute Gasteiger partial charge is 0.456 e. The van der Waals surface area contributed by atoms with Crippen molar-refractivity contribution in [2.45, 2.75) is 0 Å². The Morgan fingerprint density at radius 1 is 0.296 bits per heavy atom. The molecule has 11 aromatic carbocycles. The van der Waals surface area contributed by atoms with Crippen LogP contribution >= 0.6 is 0 Å². The minimum atomic E-state index is 0.555. The van der Waals surface area contributed by atoms with Crippen LogP contribution in [0.15, 0.2) is 241 Å². The van der Waals surface area contributed by atoms with Gasteiger partial charge in [0.2, 0.25) is 0 Å². The molecule has 0 aliphatic rings. The van der Waals surface area contributed by atoms with Crippen LogP contribution in [0.25, 0.3) is 144 Å². The minimum Gasteiger partial charge on any atom is -0.456 e. The van der Waals surface area contributed by atoms with E-state index in [9.17, 15) is 0 Å². The van der Waals surface area contributed by atoms with Crippen molar-refractivity contribution in [2.75, 3.05) is 0 Å². The predicted octanol–water partition coefficient (Wildman–Crippen LogP) is 16.9. The maximum Gasteiger partial charge on any atom is 0.166 e. The fraction of sp³-hybridized carbons (Fsp3) is 0. The number of aromatic nitrogens is 5. The molecule has 0 saturated heterocycles. The van der Waals surface area contributed by atoms with Gasteiger partial charge in [0.25, 0.3) is 0 Å². The molecule has 15 rings (SSSR count). The summed E-state index contributed by atoms with van der Waals surface area (Å²) in [5.74, 6) is 1.72. The van der Waals surface area contributed by atoms with Crippen LogP contribution in [-0.2, 0) is 0 Å². The fourth-order valence-electron chi connectivity index (χ4n) is 11.1. The van der Waals surface area contributed by atoms with Crippen molar-refractivity contribution in [2.24, 2.45) is 0 Å². The SMILES string of the molecule is c1ccc(-c2ccc(-c3nc(-c4ccc5oc6ccccc6c5c4-n4c5cc6ccccc6cc5c5cc6ccccc6cc54)nc(-c4cccc5c4c4ccccc4n5-c4ccccc4)n3)cc2)cc1. The van der Waals surface area contributed by atoms with Gasteiger partial charge in [-0.1, -0.05) is 170 Å². The van der Waals surface area contributed by atoms with Crippen molar-refractivity contribution in [3.05, 3.63) is 237 Å². The second-order valence-corrected chi connectivity index (χ2v) is 18.3. The van der Waals surface area contributed by atoms with Gasteiger partial charge < -0.3 is 13.6 Å². The van der Waals surface area contributed by atoms with E-state index >= 15 is 0 Å². The summed E-state index contributed by atoms with van der Waals surface area (Å²) in [6.07, 6.45) is 0. The van der Waals surface area contributed by atoms with Gasteiger partial charge >= 0.3 is 0 Å². The van der Waals surface area contributed by atoms with Crippen LogP contribution in [0.3, 0.4) is 0 Å². The summed E-state index contributed by atoms with van der Waals surface area (Å²) in [7, 11) is 0. The number of rotatable bonds is 6. The van der Waals surface area contributed by atoms with Crippen molar-refractivity contribution in [1.82, 2.24) is 24.1 Å². The number of hydrogen-bond donors (Lipinski definition) is 0. The molecule has 0 N–H and O–H groups in total. The first-order valence-electron chi connectivity index (χ1n) is 24.0. The Morgan fingerprint density at radius 2 is 0.831 bits per heavy atom. The Balaban J connectivity index is 1.07. The Labute approximate surface area is 407 Å². The molecule has 0 aliphatic heterocycles. The van der Waals surface area contributed by atoms with E-state index in [-0.39, 0.29) is 0 Å². The van der Waals surface area contributed by atoms with Gasteiger partial charge in [0.15, 0.2) is 17.5 Å². The highest BCUT2D eigenvalue weighted by Gasteiger charge is 2.26. The van der Waals surface area contributed by atoms with E-state index in [1.54, 1.807) is 0 Å². The molecule has 4 heterocycles. The highest BCUT2D eigenvalue weighted by Crippen LogP contribution is 2.46. The normalized spacial score (nSPS) is 11.9. The lowest BCUT2D eigenvalue weighted by Gasteiger charge is -2.17. The number of para-hydroxylation sites is 3. The highest BCUT2D eigenvalue weighted by molar-refractivity contribution is 6.20. The molecule has 0 fully saturated rings. The summed E-state index contributed by atoms with van der Waals surface area (Å²) in [5.41, 5.74) is 12.9. The summed E-state index contributed by atoms with van der Waals surface area (Å²) >= 11 is 0. The zero-order valence-electron chi connectivity index (χ0n) is 38.2. The van der Waals surface area contributed by atoms with E-state index in [1.165, 1.54) is 10.8 Å². The van der Waals surface area contributed by atoms with Gasteiger partial charge in [-0.05, 0) is 99.4 Å². The molecule has 0 unspecified atom stereocenters. The van der Waals surface area contributed by atoms with Gasteiger partial charge in [0.05, 0.1) is 33.1 Å². The van der Waals surface area contributed by atoms with Crippen molar-refractivity contribution >= 4 is 87.1 Å². The molecule has 0 bridgehead atoms. The van der Waals surface area contributed by atoms with E-state index in [2.05, 4.69) is 234 Å². The van der Waals surface area contributed by atoms with Gasteiger partial charge in [-0.25, -0.2) is 15.0 Å². The first-order valence-corrected chi connectivity index (χ1v) is 24.0. The Hall–Kier alpha value is -9.65. The maximum atomic E-state index is 6.74. The van der Waals surface area contributed by atoms with E-state index in [0.29, 0.717) is 17.5 Å². The summed E-state index contributed by atoms with van der Waals surface area (Å²) in [4.78, 5) is 16.6. The van der Waals surface area contributed by atoms with Crippen LogP contribution in [0.1, 0.15) is 0 Å². The summed E-state index contributed by atoms with van der Waals surface area (Å²) in [6, 6.07) is 83.9. The van der Waals surface area contributed by atoms with Gasteiger partial charge in [-0.15, -0.1) is 0 Å². The molecule has 0 atom stereocenters. The molecular weight excluding hydrogens is 867 g/mol. The molecule has 4 aromatic heterocycles. The van der Waals surface area contributed by atoms with Crippen molar-refractivity contribution in [1.29, 1.82) is 0 Å².